The van der Waals surface area contributed by atoms with Gasteiger partial charge < -0.3 is 10.4 Å². The summed E-state index contributed by atoms with van der Waals surface area (Å²) in [7, 11) is 0. The van der Waals surface area contributed by atoms with Crippen LogP contribution in [-0.2, 0) is 9.59 Å². The van der Waals surface area contributed by atoms with Crippen molar-refractivity contribution in [1.29, 1.82) is 0 Å². The molecule has 4 nitrogen and oxygen atoms in total. The van der Waals surface area contributed by atoms with Gasteiger partial charge in [0.25, 0.3) is 0 Å². The summed E-state index contributed by atoms with van der Waals surface area (Å²) in [6.45, 7) is 4.82. The Bertz CT molecular complexity index is 303. The molecule has 2 N–H and O–H groups in total. The molecule has 4 heteroatoms. The van der Waals surface area contributed by atoms with Crippen LogP contribution in [0.25, 0.3) is 0 Å². The maximum absolute atomic E-state index is 11.4. The Balaban J connectivity index is 3.15. The van der Waals surface area contributed by atoms with Crippen LogP contribution in [0.5, 0.6) is 0 Å². The fourth-order valence-corrected chi connectivity index (χ4v) is 2.65. The van der Waals surface area contributed by atoms with Gasteiger partial charge in [0, 0.05) is 13.0 Å². The molecule has 0 aromatic carbocycles. The molecule has 0 radical (unpaired) electrons. The summed E-state index contributed by atoms with van der Waals surface area (Å²) in [5.74, 6) is -0.0490. The Labute approximate surface area is 142 Å². The van der Waals surface area contributed by atoms with Crippen molar-refractivity contribution in [3.8, 4) is 0 Å². The van der Waals surface area contributed by atoms with Gasteiger partial charge in [-0.1, -0.05) is 78.1 Å². The molecular weight excluding hydrogens is 290 g/mol. The number of carbonyl (C=O) groups is 2. The lowest BCUT2D eigenvalue weighted by atomic mass is 10.0. The van der Waals surface area contributed by atoms with Crippen LogP contribution in [0.4, 0.5) is 0 Å². The average Bonchev–Trinajstić information content (AvgIpc) is 2.47. The number of amides is 1. The van der Waals surface area contributed by atoms with Crippen LogP contribution in [0.2, 0.25) is 0 Å². The molecule has 0 aromatic rings. The maximum Gasteiger partial charge on any atom is 0.305 e. The number of carboxylic acids is 1. The van der Waals surface area contributed by atoms with Gasteiger partial charge in [0.15, 0.2) is 0 Å². The van der Waals surface area contributed by atoms with Gasteiger partial charge >= 0.3 is 5.97 Å². The normalized spacial score (nSPS) is 10.9. The first kappa shape index (κ1) is 21.9. The van der Waals surface area contributed by atoms with Crippen molar-refractivity contribution >= 4 is 11.9 Å². The first-order chi connectivity index (χ1) is 11.0. The van der Waals surface area contributed by atoms with Gasteiger partial charge in [0.2, 0.25) is 5.91 Å². The van der Waals surface area contributed by atoms with Crippen molar-refractivity contribution in [3.05, 3.63) is 0 Å². The Morgan fingerprint density at radius 2 is 1.26 bits per heavy atom. The minimum Gasteiger partial charge on any atom is -0.481 e. The molecule has 0 rings (SSSR count). The molecule has 1 amide bonds. The third-order valence-corrected chi connectivity index (χ3v) is 4.10. The molecule has 0 aliphatic carbocycles. The molecule has 0 bridgehead atoms. The number of nitrogens with one attached hydrogen (secondary N) is 1. The second-order valence-electron chi connectivity index (χ2n) is 6.96. The predicted molar refractivity (Wildman–Crippen MR) is 95.5 cm³/mol. The van der Waals surface area contributed by atoms with Gasteiger partial charge in [-0.05, 0) is 12.3 Å². The molecule has 0 saturated heterocycles. The molecule has 0 aromatic heterocycles. The number of carboxylic acid groups (broad SMARTS) is 1. The molecule has 0 saturated carbocycles. The topological polar surface area (TPSA) is 66.4 Å². The standard InChI is InChI=1S/C19H37NO3/c1-17(2)13-11-9-7-5-3-4-6-8-10-12-14-18(21)20-16-15-19(22)23/h17H,3-16H2,1-2H3,(H,20,21)(H,22,23). The number of unbranched alkanes of at least 4 members (excludes halogenated alkanes) is 9. The largest absolute Gasteiger partial charge is 0.481 e. The number of rotatable bonds is 16. The lowest BCUT2D eigenvalue weighted by Crippen LogP contribution is -2.25. The fourth-order valence-electron chi connectivity index (χ4n) is 2.65. The Kier molecular flexibility index (Phi) is 15.1. The summed E-state index contributed by atoms with van der Waals surface area (Å²) >= 11 is 0. The minimum atomic E-state index is -0.870. The van der Waals surface area contributed by atoms with E-state index in [0.29, 0.717) is 6.42 Å². The highest BCUT2D eigenvalue weighted by molar-refractivity contribution is 5.76. The van der Waals surface area contributed by atoms with E-state index in [9.17, 15) is 9.59 Å². The van der Waals surface area contributed by atoms with Crippen molar-refractivity contribution in [3.63, 3.8) is 0 Å². The average molecular weight is 328 g/mol. The zero-order chi connectivity index (χ0) is 17.3. The predicted octanol–water partition coefficient (Wildman–Crippen LogP) is 4.91. The zero-order valence-corrected chi connectivity index (χ0v) is 15.2. The van der Waals surface area contributed by atoms with E-state index in [0.717, 1.165) is 18.8 Å². The van der Waals surface area contributed by atoms with E-state index in [1.54, 1.807) is 0 Å². The van der Waals surface area contributed by atoms with Gasteiger partial charge in [-0.25, -0.2) is 0 Å². The van der Waals surface area contributed by atoms with Crippen LogP contribution in [0.3, 0.4) is 0 Å². The van der Waals surface area contributed by atoms with E-state index in [4.69, 9.17) is 5.11 Å². The van der Waals surface area contributed by atoms with Crippen molar-refractivity contribution < 1.29 is 14.7 Å². The van der Waals surface area contributed by atoms with Crippen LogP contribution in [-0.4, -0.2) is 23.5 Å². The van der Waals surface area contributed by atoms with Gasteiger partial charge in [0.1, 0.15) is 0 Å². The van der Waals surface area contributed by atoms with Crippen molar-refractivity contribution in [2.75, 3.05) is 6.54 Å². The van der Waals surface area contributed by atoms with E-state index >= 15 is 0 Å². The van der Waals surface area contributed by atoms with E-state index < -0.39 is 5.97 Å². The molecule has 0 aliphatic rings. The molecule has 0 heterocycles. The lowest BCUT2D eigenvalue weighted by molar-refractivity contribution is -0.136. The Morgan fingerprint density at radius 1 is 0.783 bits per heavy atom. The number of hydrogen-bond acceptors (Lipinski definition) is 2. The Morgan fingerprint density at radius 3 is 1.74 bits per heavy atom. The van der Waals surface area contributed by atoms with E-state index in [2.05, 4.69) is 19.2 Å². The van der Waals surface area contributed by atoms with Gasteiger partial charge in [-0.3, -0.25) is 9.59 Å². The van der Waals surface area contributed by atoms with Crippen LogP contribution < -0.4 is 5.32 Å². The zero-order valence-electron chi connectivity index (χ0n) is 15.2. The number of aliphatic carboxylic acids is 1. The van der Waals surface area contributed by atoms with Gasteiger partial charge in [-0.15, -0.1) is 0 Å². The highest BCUT2D eigenvalue weighted by atomic mass is 16.4. The molecule has 0 spiro atoms. The van der Waals surface area contributed by atoms with Crippen LogP contribution >= 0.6 is 0 Å². The second kappa shape index (κ2) is 15.8. The Hall–Kier alpha value is -1.06. The third kappa shape index (κ3) is 18.9. The van der Waals surface area contributed by atoms with E-state index in [-0.39, 0.29) is 18.9 Å². The SMILES string of the molecule is CC(C)CCCCCCCCCCCCC(=O)NCCC(=O)O. The third-order valence-electron chi connectivity index (χ3n) is 4.10. The first-order valence-electron chi connectivity index (χ1n) is 9.51. The molecule has 0 unspecified atom stereocenters. The highest BCUT2D eigenvalue weighted by Crippen LogP contribution is 2.13. The molecule has 23 heavy (non-hydrogen) atoms. The molecular formula is C19H37NO3. The smallest absolute Gasteiger partial charge is 0.305 e. The van der Waals surface area contributed by atoms with Crippen LogP contribution in [0, 0.1) is 5.92 Å². The summed E-state index contributed by atoms with van der Waals surface area (Å²) in [4.78, 5) is 21.7. The lowest BCUT2D eigenvalue weighted by Gasteiger charge is -2.05. The monoisotopic (exact) mass is 327 g/mol. The van der Waals surface area contributed by atoms with Crippen LogP contribution in [0.1, 0.15) is 97.3 Å². The summed E-state index contributed by atoms with van der Waals surface area (Å²) in [6.07, 6.45) is 14.5. The highest BCUT2D eigenvalue weighted by Gasteiger charge is 2.02. The number of carbonyl (C=O) groups excluding carboxylic acids is 1. The number of hydrogen-bond donors (Lipinski definition) is 2. The quantitative estimate of drug-likeness (QED) is 0.396. The molecule has 0 atom stereocenters. The summed E-state index contributed by atoms with van der Waals surface area (Å²) in [5, 5.41) is 11.1. The second-order valence-corrected chi connectivity index (χ2v) is 6.96. The van der Waals surface area contributed by atoms with Crippen LogP contribution in [0.15, 0.2) is 0 Å². The molecule has 0 fully saturated rings. The van der Waals surface area contributed by atoms with E-state index in [1.807, 2.05) is 0 Å². The molecule has 0 aliphatic heterocycles. The van der Waals surface area contributed by atoms with E-state index in [1.165, 1.54) is 57.8 Å². The van der Waals surface area contributed by atoms with Gasteiger partial charge in [0.05, 0.1) is 6.42 Å². The fraction of sp³-hybridized carbons (Fsp3) is 0.895. The maximum atomic E-state index is 11.4. The first-order valence-corrected chi connectivity index (χ1v) is 9.51. The minimum absolute atomic E-state index is 0.00318. The van der Waals surface area contributed by atoms with Gasteiger partial charge in [-0.2, -0.15) is 0 Å². The van der Waals surface area contributed by atoms with Crippen molar-refractivity contribution in [1.82, 2.24) is 5.32 Å². The summed E-state index contributed by atoms with van der Waals surface area (Å²) in [5.41, 5.74) is 0. The summed E-state index contributed by atoms with van der Waals surface area (Å²) in [6, 6.07) is 0. The van der Waals surface area contributed by atoms with Crippen molar-refractivity contribution in [2.24, 2.45) is 5.92 Å². The molecule has 136 valence electrons. The van der Waals surface area contributed by atoms with Crippen molar-refractivity contribution in [2.45, 2.75) is 97.3 Å². The summed E-state index contributed by atoms with van der Waals surface area (Å²) < 4.78 is 0.